The van der Waals surface area contributed by atoms with Crippen LogP contribution in [0.2, 0.25) is 0 Å². The van der Waals surface area contributed by atoms with Crippen molar-refractivity contribution in [1.82, 2.24) is 4.72 Å². The van der Waals surface area contributed by atoms with E-state index < -0.39 is 10.2 Å². The van der Waals surface area contributed by atoms with Crippen molar-refractivity contribution in [3.63, 3.8) is 0 Å². The van der Waals surface area contributed by atoms with Crippen LogP contribution in [-0.4, -0.2) is 20.3 Å². The lowest BCUT2D eigenvalue weighted by Gasteiger charge is -2.08. The summed E-state index contributed by atoms with van der Waals surface area (Å²) in [5.41, 5.74) is 5.48. The van der Waals surface area contributed by atoms with E-state index >= 15 is 0 Å². The molecular weight excluding hydrogens is 202 g/mol. The molecule has 1 rings (SSSR count). The summed E-state index contributed by atoms with van der Waals surface area (Å²) >= 11 is 0. The second kappa shape index (κ2) is 4.75. The molecule has 0 aromatic heterocycles. The second-order valence-corrected chi connectivity index (χ2v) is 4.88. The van der Waals surface area contributed by atoms with Crippen LogP contribution < -0.4 is 10.5 Å². The molecule has 0 fully saturated rings. The summed E-state index contributed by atoms with van der Waals surface area (Å²) in [6.45, 7) is 2.13. The molecule has 0 unspecified atom stereocenters. The molecular formula is C8H17N3O2S. The van der Waals surface area contributed by atoms with Gasteiger partial charge >= 0.3 is 10.2 Å². The van der Waals surface area contributed by atoms with Gasteiger partial charge in [0.1, 0.15) is 5.84 Å². The van der Waals surface area contributed by atoms with Crippen LogP contribution in [-0.2, 0) is 10.2 Å². The van der Waals surface area contributed by atoms with Crippen molar-refractivity contribution >= 4 is 16.0 Å². The molecule has 5 nitrogen and oxygen atoms in total. The number of hydrogen-bond donors (Lipinski definition) is 2. The molecule has 82 valence electrons. The van der Waals surface area contributed by atoms with Crippen molar-refractivity contribution in [2.24, 2.45) is 10.1 Å². The molecule has 0 saturated carbocycles. The Morgan fingerprint density at radius 1 is 1.43 bits per heavy atom. The smallest absolute Gasteiger partial charge is 0.322 e. The molecule has 1 heterocycles. The van der Waals surface area contributed by atoms with E-state index in [1.165, 1.54) is 12.8 Å². The van der Waals surface area contributed by atoms with E-state index in [9.17, 15) is 8.42 Å². The minimum absolute atomic E-state index is 0.196. The average Bonchev–Trinajstić information content (AvgIpc) is 2.34. The summed E-state index contributed by atoms with van der Waals surface area (Å²) in [6.07, 6.45) is 5.18. The first-order chi connectivity index (χ1) is 6.55. The fraction of sp³-hybridized carbons (Fsp3) is 0.875. The molecule has 1 aliphatic rings. The first kappa shape index (κ1) is 11.5. The van der Waals surface area contributed by atoms with Crippen LogP contribution in [0.5, 0.6) is 0 Å². The summed E-state index contributed by atoms with van der Waals surface area (Å²) < 4.78 is 27.7. The van der Waals surface area contributed by atoms with Gasteiger partial charge in [0, 0.05) is 0 Å². The van der Waals surface area contributed by atoms with Gasteiger partial charge in [-0.3, -0.25) is 0 Å². The van der Waals surface area contributed by atoms with Gasteiger partial charge < -0.3 is 5.73 Å². The van der Waals surface area contributed by atoms with Crippen molar-refractivity contribution in [3.8, 4) is 0 Å². The predicted molar refractivity (Wildman–Crippen MR) is 56.2 cm³/mol. The maximum Gasteiger partial charge on any atom is 0.322 e. The fourth-order valence-corrected chi connectivity index (χ4v) is 2.51. The number of amidine groups is 1. The Labute approximate surface area is 85.0 Å². The first-order valence-corrected chi connectivity index (χ1v) is 6.37. The van der Waals surface area contributed by atoms with Gasteiger partial charge in [0.05, 0.1) is 6.04 Å². The molecule has 1 atom stereocenters. The van der Waals surface area contributed by atoms with Crippen LogP contribution in [0.4, 0.5) is 0 Å². The minimum Gasteiger partial charge on any atom is -0.385 e. The van der Waals surface area contributed by atoms with Gasteiger partial charge in [0.15, 0.2) is 0 Å². The molecule has 6 heteroatoms. The van der Waals surface area contributed by atoms with E-state index in [2.05, 4.69) is 16.0 Å². The maximum atomic E-state index is 11.0. The van der Waals surface area contributed by atoms with E-state index in [-0.39, 0.29) is 11.9 Å². The monoisotopic (exact) mass is 219 g/mol. The third-order valence-corrected chi connectivity index (χ3v) is 3.25. The predicted octanol–water partition coefficient (Wildman–Crippen LogP) is 0.531. The van der Waals surface area contributed by atoms with Gasteiger partial charge in [-0.2, -0.15) is 13.1 Å². The molecule has 0 spiro atoms. The maximum absolute atomic E-state index is 11.0. The van der Waals surface area contributed by atoms with Crippen LogP contribution in [0, 0.1) is 0 Å². The highest BCUT2D eigenvalue weighted by atomic mass is 32.2. The molecule has 0 aromatic carbocycles. The summed E-state index contributed by atoms with van der Waals surface area (Å²) in [7, 11) is -3.47. The topological polar surface area (TPSA) is 84.5 Å². The summed E-state index contributed by atoms with van der Waals surface area (Å²) in [6, 6.07) is -0.281. The Hall–Kier alpha value is -0.620. The average molecular weight is 219 g/mol. The Kier molecular flexibility index (Phi) is 3.88. The van der Waals surface area contributed by atoms with Crippen molar-refractivity contribution in [2.75, 3.05) is 0 Å². The highest BCUT2D eigenvalue weighted by Crippen LogP contribution is 2.11. The highest BCUT2D eigenvalue weighted by molar-refractivity contribution is 7.88. The van der Waals surface area contributed by atoms with E-state index in [1.807, 2.05) is 0 Å². The third kappa shape index (κ3) is 3.26. The lowest BCUT2D eigenvalue weighted by molar-refractivity contribution is 0.563. The second-order valence-electron chi connectivity index (χ2n) is 3.51. The van der Waals surface area contributed by atoms with E-state index in [1.54, 1.807) is 0 Å². The zero-order valence-electron chi connectivity index (χ0n) is 8.36. The lowest BCUT2D eigenvalue weighted by Crippen LogP contribution is -2.36. The van der Waals surface area contributed by atoms with Crippen LogP contribution in [0.25, 0.3) is 0 Å². The molecule has 3 N–H and O–H groups in total. The Balaban J connectivity index is 2.31. The van der Waals surface area contributed by atoms with Gasteiger partial charge in [-0.25, -0.2) is 0 Å². The van der Waals surface area contributed by atoms with Gasteiger partial charge in [-0.1, -0.05) is 32.6 Å². The number of nitrogens with zero attached hydrogens (tertiary/aromatic N) is 1. The molecule has 1 aliphatic heterocycles. The van der Waals surface area contributed by atoms with Crippen molar-refractivity contribution < 1.29 is 8.42 Å². The van der Waals surface area contributed by atoms with E-state index in [0.29, 0.717) is 0 Å². The van der Waals surface area contributed by atoms with Gasteiger partial charge in [0.2, 0.25) is 0 Å². The Morgan fingerprint density at radius 2 is 2.14 bits per heavy atom. The first-order valence-electron chi connectivity index (χ1n) is 4.93. The lowest BCUT2D eigenvalue weighted by atomic mass is 10.1. The van der Waals surface area contributed by atoms with Crippen LogP contribution >= 0.6 is 0 Å². The molecule has 0 radical (unpaired) electrons. The summed E-state index contributed by atoms with van der Waals surface area (Å²) in [4.78, 5) is 0. The van der Waals surface area contributed by atoms with Gasteiger partial charge in [-0.15, -0.1) is 4.40 Å². The largest absolute Gasteiger partial charge is 0.385 e. The van der Waals surface area contributed by atoms with E-state index in [4.69, 9.17) is 5.73 Å². The highest BCUT2D eigenvalue weighted by Gasteiger charge is 2.27. The number of nitrogens with one attached hydrogen (secondary N) is 1. The molecule has 0 saturated heterocycles. The number of unbranched alkanes of at least 4 members (excludes halogenated alkanes) is 3. The Bertz CT molecular complexity index is 311. The fourth-order valence-electron chi connectivity index (χ4n) is 1.45. The number of hydrogen-bond acceptors (Lipinski definition) is 3. The molecule has 0 amide bonds. The molecule has 0 bridgehead atoms. The molecule has 0 aliphatic carbocycles. The standard InChI is InChI=1S/C8H17N3O2S/c1-2-3-4-5-6-7-8(9)11-14(12,13)10-7/h7,10H,2-6H2,1H3,(H2,9,11)/t7-/m1/s1. The zero-order valence-corrected chi connectivity index (χ0v) is 9.18. The van der Waals surface area contributed by atoms with Gasteiger partial charge in [-0.05, 0) is 6.42 Å². The Morgan fingerprint density at radius 3 is 2.64 bits per heavy atom. The van der Waals surface area contributed by atoms with E-state index in [0.717, 1.165) is 19.3 Å². The molecule has 14 heavy (non-hydrogen) atoms. The third-order valence-electron chi connectivity index (χ3n) is 2.22. The number of nitrogens with two attached hydrogens (primary N) is 1. The van der Waals surface area contributed by atoms with Crippen molar-refractivity contribution in [2.45, 2.75) is 45.1 Å². The van der Waals surface area contributed by atoms with Crippen LogP contribution in [0.1, 0.15) is 39.0 Å². The van der Waals surface area contributed by atoms with Gasteiger partial charge in [0.25, 0.3) is 0 Å². The SMILES string of the molecule is CCCCCC[C@H]1NS(=O)(=O)N=C1N. The van der Waals surface area contributed by atoms with Crippen LogP contribution in [0.15, 0.2) is 4.40 Å². The van der Waals surface area contributed by atoms with Crippen molar-refractivity contribution in [3.05, 3.63) is 0 Å². The summed E-state index contributed by atoms with van der Waals surface area (Å²) in [5, 5.41) is 0. The minimum atomic E-state index is -3.47. The van der Waals surface area contributed by atoms with Crippen molar-refractivity contribution in [1.29, 1.82) is 0 Å². The van der Waals surface area contributed by atoms with Crippen LogP contribution in [0.3, 0.4) is 0 Å². The summed E-state index contributed by atoms with van der Waals surface area (Å²) in [5.74, 6) is 0.196. The normalized spacial score (nSPS) is 24.9. The zero-order chi connectivity index (χ0) is 10.6. The number of rotatable bonds is 5. The molecule has 0 aromatic rings. The quantitative estimate of drug-likeness (QED) is 0.661.